The highest BCUT2D eigenvalue weighted by Crippen LogP contribution is 2.24. The molecule has 0 heterocycles. The van der Waals surface area contributed by atoms with Gasteiger partial charge in [0.1, 0.15) is 0 Å². The molecule has 0 aliphatic carbocycles. The molecule has 0 saturated heterocycles. The Bertz CT molecular complexity index is 361. The van der Waals surface area contributed by atoms with E-state index in [1.807, 2.05) is 6.21 Å². The van der Waals surface area contributed by atoms with Crippen molar-refractivity contribution in [3.05, 3.63) is 34.9 Å². The minimum Gasteiger partial charge on any atom is -0.223 e. The summed E-state index contributed by atoms with van der Waals surface area (Å²) >= 11 is 1.61. The normalized spacial score (nSPS) is 12.3. The second-order valence-corrected chi connectivity index (χ2v) is 6.42. The van der Waals surface area contributed by atoms with Crippen molar-refractivity contribution in [1.29, 1.82) is 0 Å². The molecular weight excluding hydrogens is 202 g/mol. The molecule has 0 N–H and O–H groups in total. The van der Waals surface area contributed by atoms with E-state index in [-0.39, 0.29) is 4.75 Å². The lowest BCUT2D eigenvalue weighted by atomic mass is 10.1. The van der Waals surface area contributed by atoms with Crippen LogP contribution in [0, 0.1) is 13.8 Å². The molecule has 1 aromatic carbocycles. The zero-order chi connectivity index (χ0) is 11.5. The molecule has 1 nitrogen and oxygen atoms in total. The Morgan fingerprint density at radius 3 is 2.47 bits per heavy atom. The summed E-state index contributed by atoms with van der Waals surface area (Å²) in [5.41, 5.74) is 3.77. The Kier molecular flexibility index (Phi) is 3.97. The largest absolute Gasteiger partial charge is 0.223 e. The number of hydrogen-bond acceptors (Lipinski definition) is 2. The van der Waals surface area contributed by atoms with E-state index in [1.165, 1.54) is 16.7 Å². The molecule has 0 aromatic heterocycles. The third-order valence-electron chi connectivity index (χ3n) is 1.95. The summed E-state index contributed by atoms with van der Waals surface area (Å²) in [5.74, 6) is 0. The van der Waals surface area contributed by atoms with E-state index < -0.39 is 0 Å². The van der Waals surface area contributed by atoms with Gasteiger partial charge in [-0.1, -0.05) is 23.8 Å². The first-order chi connectivity index (χ1) is 6.88. The summed E-state index contributed by atoms with van der Waals surface area (Å²) in [6.07, 6.45) is 1.96. The van der Waals surface area contributed by atoms with Crippen LogP contribution < -0.4 is 0 Å². The van der Waals surface area contributed by atoms with Gasteiger partial charge in [0.25, 0.3) is 0 Å². The average molecular weight is 221 g/mol. The van der Waals surface area contributed by atoms with Crippen LogP contribution in [0.3, 0.4) is 0 Å². The highest BCUT2D eigenvalue weighted by molar-refractivity contribution is 7.99. The maximum atomic E-state index is 4.41. The molecule has 2 heteroatoms. The van der Waals surface area contributed by atoms with E-state index in [0.29, 0.717) is 0 Å². The maximum Gasteiger partial charge on any atom is 0.0426 e. The van der Waals surface area contributed by atoms with Crippen LogP contribution in [0.1, 0.15) is 37.5 Å². The Labute approximate surface area is 97.1 Å². The number of aryl methyl sites for hydroxylation is 2. The van der Waals surface area contributed by atoms with Gasteiger partial charge in [-0.25, -0.2) is 4.40 Å². The average Bonchev–Trinajstić information content (AvgIpc) is 2.09. The quantitative estimate of drug-likeness (QED) is 0.539. The summed E-state index contributed by atoms with van der Waals surface area (Å²) in [5, 5.41) is 0. The van der Waals surface area contributed by atoms with Crippen molar-refractivity contribution in [3.63, 3.8) is 0 Å². The molecule has 0 saturated carbocycles. The van der Waals surface area contributed by atoms with E-state index >= 15 is 0 Å². The molecule has 1 rings (SSSR count). The second-order valence-electron chi connectivity index (χ2n) is 4.80. The topological polar surface area (TPSA) is 12.4 Å². The standard InChI is InChI=1S/C13H19NS/c1-10-6-7-11(2)12(8-10)9-14-15-13(3,4)5/h6-9H,1-5H3/b14-9+. The number of nitrogens with zero attached hydrogens (tertiary/aromatic N) is 1. The van der Waals surface area contributed by atoms with E-state index in [9.17, 15) is 0 Å². The van der Waals surface area contributed by atoms with Gasteiger partial charge >= 0.3 is 0 Å². The van der Waals surface area contributed by atoms with Crippen molar-refractivity contribution in [2.24, 2.45) is 4.40 Å². The molecule has 0 aliphatic heterocycles. The molecule has 0 aliphatic rings. The summed E-state index contributed by atoms with van der Waals surface area (Å²) in [6, 6.07) is 6.43. The van der Waals surface area contributed by atoms with Crippen LogP contribution in [-0.2, 0) is 0 Å². The van der Waals surface area contributed by atoms with Gasteiger partial charge < -0.3 is 0 Å². The van der Waals surface area contributed by atoms with Gasteiger partial charge in [0.05, 0.1) is 0 Å². The van der Waals surface area contributed by atoms with Gasteiger partial charge in [-0.3, -0.25) is 0 Å². The number of hydrogen-bond donors (Lipinski definition) is 0. The maximum absolute atomic E-state index is 4.41. The van der Waals surface area contributed by atoms with Crippen LogP contribution in [-0.4, -0.2) is 11.0 Å². The second kappa shape index (κ2) is 4.84. The molecule has 82 valence electrons. The molecule has 0 unspecified atom stereocenters. The number of benzene rings is 1. The summed E-state index contributed by atoms with van der Waals surface area (Å²) in [6.45, 7) is 10.7. The summed E-state index contributed by atoms with van der Waals surface area (Å²) < 4.78 is 4.60. The van der Waals surface area contributed by atoms with Crippen molar-refractivity contribution < 1.29 is 0 Å². The summed E-state index contributed by atoms with van der Waals surface area (Å²) in [4.78, 5) is 0. The van der Waals surface area contributed by atoms with Crippen LogP contribution in [0.4, 0.5) is 0 Å². The van der Waals surface area contributed by atoms with Crippen LogP contribution in [0.15, 0.2) is 22.6 Å². The molecule has 0 atom stereocenters. The molecule has 1 aromatic rings. The first-order valence-corrected chi connectivity index (χ1v) is 5.95. The van der Waals surface area contributed by atoms with Gasteiger partial charge in [0, 0.05) is 11.0 Å². The van der Waals surface area contributed by atoms with Crippen molar-refractivity contribution in [3.8, 4) is 0 Å². The third-order valence-corrected chi connectivity index (χ3v) is 2.71. The van der Waals surface area contributed by atoms with Gasteiger partial charge in [-0.15, -0.1) is 0 Å². The zero-order valence-corrected chi connectivity index (χ0v) is 11.0. The first-order valence-electron chi connectivity index (χ1n) is 5.17. The molecule has 0 spiro atoms. The van der Waals surface area contributed by atoms with Crippen LogP contribution >= 0.6 is 11.9 Å². The molecular formula is C13H19NS. The SMILES string of the molecule is Cc1ccc(C)c(/C=N/SC(C)(C)C)c1. The molecule has 15 heavy (non-hydrogen) atoms. The fraction of sp³-hybridized carbons (Fsp3) is 0.462. The van der Waals surface area contributed by atoms with E-state index in [1.54, 1.807) is 11.9 Å². The first kappa shape index (κ1) is 12.3. The third kappa shape index (κ3) is 4.52. The Morgan fingerprint density at radius 1 is 1.20 bits per heavy atom. The summed E-state index contributed by atoms with van der Waals surface area (Å²) in [7, 11) is 0. The minimum atomic E-state index is 0.189. The lowest BCUT2D eigenvalue weighted by molar-refractivity contribution is 0.804. The van der Waals surface area contributed by atoms with Crippen molar-refractivity contribution >= 4 is 18.2 Å². The lowest BCUT2D eigenvalue weighted by Gasteiger charge is -2.12. The Morgan fingerprint density at radius 2 is 1.87 bits per heavy atom. The lowest BCUT2D eigenvalue weighted by Crippen LogP contribution is -2.05. The fourth-order valence-corrected chi connectivity index (χ4v) is 1.62. The monoisotopic (exact) mass is 221 g/mol. The highest BCUT2D eigenvalue weighted by Gasteiger charge is 2.08. The predicted octanol–water partition coefficient (Wildman–Crippen LogP) is 4.17. The Hall–Kier alpha value is -0.760. The van der Waals surface area contributed by atoms with Crippen LogP contribution in [0.2, 0.25) is 0 Å². The minimum absolute atomic E-state index is 0.189. The Balaban J connectivity index is 2.76. The molecule has 0 fully saturated rings. The van der Waals surface area contributed by atoms with Gasteiger partial charge in [0.2, 0.25) is 0 Å². The van der Waals surface area contributed by atoms with Crippen molar-refractivity contribution in [2.45, 2.75) is 39.4 Å². The smallest absolute Gasteiger partial charge is 0.0426 e. The van der Waals surface area contributed by atoms with Crippen molar-refractivity contribution in [1.82, 2.24) is 0 Å². The van der Waals surface area contributed by atoms with E-state index in [2.05, 4.69) is 57.2 Å². The molecule has 0 radical (unpaired) electrons. The highest BCUT2D eigenvalue weighted by atomic mass is 32.2. The van der Waals surface area contributed by atoms with Gasteiger partial charge in [0.15, 0.2) is 0 Å². The van der Waals surface area contributed by atoms with Crippen LogP contribution in [0.25, 0.3) is 0 Å². The zero-order valence-electron chi connectivity index (χ0n) is 10.2. The van der Waals surface area contributed by atoms with Gasteiger partial charge in [-0.05, 0) is 57.7 Å². The fourth-order valence-electron chi connectivity index (χ4n) is 1.14. The number of rotatable bonds is 2. The van der Waals surface area contributed by atoms with Crippen molar-refractivity contribution in [2.75, 3.05) is 0 Å². The predicted molar refractivity (Wildman–Crippen MR) is 70.9 cm³/mol. The molecule has 0 bridgehead atoms. The molecule has 0 amide bonds. The van der Waals surface area contributed by atoms with E-state index in [0.717, 1.165) is 0 Å². The van der Waals surface area contributed by atoms with Crippen LogP contribution in [0.5, 0.6) is 0 Å². The van der Waals surface area contributed by atoms with Gasteiger partial charge in [-0.2, -0.15) is 0 Å². The van der Waals surface area contributed by atoms with E-state index in [4.69, 9.17) is 0 Å².